The number of ether oxygens (including phenoxy) is 1. The number of nitro groups is 1. The summed E-state index contributed by atoms with van der Waals surface area (Å²) in [6, 6.07) is 10.2. The second kappa shape index (κ2) is 10.1. The first-order valence-corrected chi connectivity index (χ1v) is 12.1. The second-order valence-electron chi connectivity index (χ2n) is 9.13. The Kier molecular flexibility index (Phi) is 6.72. The zero-order valence-corrected chi connectivity index (χ0v) is 20.4. The molecule has 2 saturated heterocycles. The highest BCUT2D eigenvalue weighted by atomic mass is 16.6. The zero-order valence-electron chi connectivity index (χ0n) is 20.4. The topological polar surface area (TPSA) is 131 Å². The van der Waals surface area contributed by atoms with E-state index in [1.165, 1.54) is 23.1 Å². The van der Waals surface area contributed by atoms with Crippen molar-refractivity contribution in [2.24, 2.45) is 0 Å². The summed E-state index contributed by atoms with van der Waals surface area (Å²) in [7, 11) is 0. The minimum atomic E-state index is -0.974. The van der Waals surface area contributed by atoms with Gasteiger partial charge in [-0.2, -0.15) is 0 Å². The summed E-state index contributed by atoms with van der Waals surface area (Å²) in [5.41, 5.74) is 1.48. The van der Waals surface area contributed by atoms with Crippen LogP contribution in [0.15, 0.2) is 54.2 Å². The summed E-state index contributed by atoms with van der Waals surface area (Å²) in [6.45, 7) is 5.55. The van der Waals surface area contributed by atoms with Gasteiger partial charge in [0.05, 0.1) is 35.4 Å². The number of aliphatic hydroxyl groups excluding tert-OH is 1. The van der Waals surface area contributed by atoms with E-state index in [0.29, 0.717) is 48.8 Å². The Bertz CT molecular complexity index is 1410. The minimum absolute atomic E-state index is 0.106. The Morgan fingerprint density at radius 2 is 1.95 bits per heavy atom. The molecule has 0 radical (unpaired) electrons. The molecule has 5 rings (SSSR count). The number of likely N-dealkylation sites (tertiary alicyclic amines) is 1. The van der Waals surface area contributed by atoms with E-state index in [2.05, 4.69) is 9.88 Å². The van der Waals surface area contributed by atoms with E-state index in [9.17, 15) is 24.8 Å². The highest BCUT2D eigenvalue weighted by Gasteiger charge is 2.46. The van der Waals surface area contributed by atoms with E-state index in [1.807, 2.05) is 6.07 Å². The van der Waals surface area contributed by atoms with Crippen molar-refractivity contribution < 1.29 is 24.4 Å². The molecule has 2 aromatic heterocycles. The summed E-state index contributed by atoms with van der Waals surface area (Å²) in [5.74, 6) is -1.93. The molecule has 1 atom stereocenters. The number of carbonyl (C=O) groups is 2. The molecule has 3 aromatic rings. The first-order chi connectivity index (χ1) is 17.9. The first-order valence-electron chi connectivity index (χ1n) is 12.1. The van der Waals surface area contributed by atoms with Gasteiger partial charge in [0.1, 0.15) is 11.3 Å². The number of amides is 1. The number of pyridine rings is 1. The van der Waals surface area contributed by atoms with Crippen LogP contribution in [0.3, 0.4) is 0 Å². The number of nitro benzene ring substituents is 1. The first kappa shape index (κ1) is 24.6. The molecule has 37 heavy (non-hydrogen) atoms. The van der Waals surface area contributed by atoms with Crippen LogP contribution in [0.1, 0.15) is 29.4 Å². The maximum atomic E-state index is 13.4. The number of rotatable bonds is 7. The third-order valence-corrected chi connectivity index (χ3v) is 6.84. The fourth-order valence-electron chi connectivity index (χ4n) is 5.08. The van der Waals surface area contributed by atoms with Crippen LogP contribution in [0.4, 0.5) is 5.69 Å². The average Bonchev–Trinajstić information content (AvgIpc) is 3.37. The number of fused-ring (bicyclic) bond motifs is 1. The molecule has 192 valence electrons. The summed E-state index contributed by atoms with van der Waals surface area (Å²) in [4.78, 5) is 45.7. The van der Waals surface area contributed by atoms with Crippen molar-refractivity contribution in [3.63, 3.8) is 0 Å². The van der Waals surface area contributed by atoms with Gasteiger partial charge in [-0.15, -0.1) is 0 Å². The van der Waals surface area contributed by atoms with Crippen molar-refractivity contribution in [3.05, 3.63) is 81.3 Å². The van der Waals surface area contributed by atoms with E-state index < -0.39 is 22.7 Å². The lowest BCUT2D eigenvalue weighted by Gasteiger charge is -2.29. The fraction of sp³-hybridized carbons (Fsp3) is 0.346. The number of Topliss-reactive ketones (excluding diaryl/α,β-unsaturated/α-hetero) is 1. The van der Waals surface area contributed by atoms with Crippen LogP contribution in [-0.4, -0.2) is 80.3 Å². The number of carbonyl (C=O) groups excluding carboxylic acids is 2. The Balaban J connectivity index is 1.58. The molecule has 0 saturated carbocycles. The Morgan fingerprint density at radius 1 is 1.16 bits per heavy atom. The molecule has 11 heteroatoms. The number of nitrogens with zero attached hydrogens (tertiary/aromatic N) is 5. The lowest BCUT2D eigenvalue weighted by Crippen LogP contribution is -2.39. The number of aryl methyl sites for hydroxylation is 1. The number of aliphatic hydroxyl groups is 1. The van der Waals surface area contributed by atoms with E-state index >= 15 is 0 Å². The van der Waals surface area contributed by atoms with Gasteiger partial charge in [0.15, 0.2) is 5.76 Å². The van der Waals surface area contributed by atoms with Gasteiger partial charge in [0, 0.05) is 44.5 Å². The Morgan fingerprint density at radius 3 is 2.70 bits per heavy atom. The molecule has 11 nitrogen and oxygen atoms in total. The molecule has 0 bridgehead atoms. The van der Waals surface area contributed by atoms with Crippen molar-refractivity contribution in [2.45, 2.75) is 19.4 Å². The van der Waals surface area contributed by atoms with Gasteiger partial charge in [-0.05, 0) is 31.0 Å². The predicted molar refractivity (Wildman–Crippen MR) is 134 cm³/mol. The van der Waals surface area contributed by atoms with Crippen LogP contribution >= 0.6 is 0 Å². The van der Waals surface area contributed by atoms with E-state index in [4.69, 9.17) is 4.74 Å². The van der Waals surface area contributed by atoms with Crippen molar-refractivity contribution in [3.8, 4) is 0 Å². The number of imidazole rings is 1. The number of benzene rings is 1. The van der Waals surface area contributed by atoms with Crippen LogP contribution in [0, 0.1) is 17.0 Å². The SMILES string of the molecule is Cc1nc2ccccn2c1/C(O)=C1\C(=O)C(=O)N(CCCN2CCOCC2)[C@H]1c1cccc([N+](=O)[O-])c1. The minimum Gasteiger partial charge on any atom is -0.505 e. The second-order valence-corrected chi connectivity index (χ2v) is 9.13. The number of aromatic nitrogens is 2. The van der Waals surface area contributed by atoms with Gasteiger partial charge in [0.2, 0.25) is 0 Å². The van der Waals surface area contributed by atoms with Crippen LogP contribution in [0.5, 0.6) is 0 Å². The standard InChI is InChI=1S/C26H27N5O6/c1-17-22(29-10-3-2-8-20(29)27-17)24(32)21-23(18-6-4-7-19(16-18)31(35)36)30(26(34)25(21)33)11-5-9-28-12-14-37-15-13-28/h2-4,6-8,10,16,23,32H,5,9,11-15H2,1H3/b24-21+/t23-/m0/s1. The van der Waals surface area contributed by atoms with Crippen LogP contribution in [0.25, 0.3) is 11.4 Å². The van der Waals surface area contributed by atoms with Gasteiger partial charge >= 0.3 is 0 Å². The number of ketones is 1. The molecular formula is C26H27N5O6. The van der Waals surface area contributed by atoms with Crippen LogP contribution in [0.2, 0.25) is 0 Å². The molecular weight excluding hydrogens is 478 g/mol. The van der Waals surface area contributed by atoms with Crippen molar-refractivity contribution >= 4 is 28.8 Å². The number of hydrogen-bond acceptors (Lipinski definition) is 8. The van der Waals surface area contributed by atoms with Gasteiger partial charge in [-0.3, -0.25) is 29.0 Å². The van der Waals surface area contributed by atoms with Crippen molar-refractivity contribution in [1.82, 2.24) is 19.2 Å². The third-order valence-electron chi connectivity index (χ3n) is 6.84. The number of non-ortho nitro benzene ring substituents is 1. The molecule has 2 aliphatic heterocycles. The quantitative estimate of drug-likeness (QED) is 0.171. The molecule has 0 aliphatic carbocycles. The fourth-order valence-corrected chi connectivity index (χ4v) is 5.08. The van der Waals surface area contributed by atoms with Gasteiger partial charge in [0.25, 0.3) is 17.4 Å². The molecule has 1 amide bonds. The van der Waals surface area contributed by atoms with Gasteiger partial charge < -0.3 is 14.7 Å². The third kappa shape index (κ3) is 4.58. The largest absolute Gasteiger partial charge is 0.505 e. The normalized spacial score (nSPS) is 20.1. The molecule has 2 aliphatic rings. The molecule has 0 spiro atoms. The lowest BCUT2D eigenvalue weighted by molar-refractivity contribution is -0.384. The molecule has 4 heterocycles. The summed E-state index contributed by atoms with van der Waals surface area (Å²) in [6.07, 6.45) is 2.30. The Hall–Kier alpha value is -4.09. The van der Waals surface area contributed by atoms with Crippen molar-refractivity contribution in [2.75, 3.05) is 39.4 Å². The smallest absolute Gasteiger partial charge is 0.295 e. The van der Waals surface area contributed by atoms with Crippen LogP contribution < -0.4 is 0 Å². The highest BCUT2D eigenvalue weighted by Crippen LogP contribution is 2.40. The molecule has 1 N–H and O–H groups in total. The lowest BCUT2D eigenvalue weighted by atomic mass is 9.96. The monoisotopic (exact) mass is 505 g/mol. The highest BCUT2D eigenvalue weighted by molar-refractivity contribution is 6.46. The summed E-state index contributed by atoms with van der Waals surface area (Å²) >= 11 is 0. The van der Waals surface area contributed by atoms with E-state index in [1.54, 1.807) is 35.7 Å². The van der Waals surface area contributed by atoms with E-state index in [-0.39, 0.29) is 23.6 Å². The van der Waals surface area contributed by atoms with Crippen molar-refractivity contribution in [1.29, 1.82) is 0 Å². The van der Waals surface area contributed by atoms with Gasteiger partial charge in [-0.25, -0.2) is 4.98 Å². The zero-order chi connectivity index (χ0) is 26.1. The van der Waals surface area contributed by atoms with Gasteiger partial charge in [-0.1, -0.05) is 18.2 Å². The molecule has 1 aromatic carbocycles. The maximum absolute atomic E-state index is 13.4. The number of hydrogen-bond donors (Lipinski definition) is 1. The van der Waals surface area contributed by atoms with Crippen LogP contribution in [-0.2, 0) is 14.3 Å². The molecule has 0 unspecified atom stereocenters. The molecule has 2 fully saturated rings. The maximum Gasteiger partial charge on any atom is 0.295 e. The Labute approximate surface area is 212 Å². The van der Waals surface area contributed by atoms with E-state index in [0.717, 1.165) is 13.1 Å². The number of morpholine rings is 1. The summed E-state index contributed by atoms with van der Waals surface area (Å²) in [5, 5.41) is 23.0. The summed E-state index contributed by atoms with van der Waals surface area (Å²) < 4.78 is 7.04. The average molecular weight is 506 g/mol. The predicted octanol–water partition coefficient (Wildman–Crippen LogP) is 2.69.